The lowest BCUT2D eigenvalue weighted by molar-refractivity contribution is -0.142. The van der Waals surface area contributed by atoms with Gasteiger partial charge in [0.1, 0.15) is 11.4 Å². The van der Waals surface area contributed by atoms with Crippen molar-refractivity contribution in [1.29, 1.82) is 0 Å². The number of nitrogens with two attached hydrogens (primary N) is 1. The highest BCUT2D eigenvalue weighted by Gasteiger charge is 2.38. The Morgan fingerprint density at radius 2 is 1.96 bits per heavy atom. The van der Waals surface area contributed by atoms with Gasteiger partial charge in [-0.25, -0.2) is 4.98 Å². The third kappa shape index (κ3) is 4.14. The standard InChI is InChI=1S/C16H11ClF3N5O3/c17-8-3-9(21)5-10(4-8)28-12-13(16(18,19)20)24-7-25(15(12)27)6-11-14(26)23-2-1-22-11/h1-5,7H,6,21H2,(H,23,26). The summed E-state index contributed by atoms with van der Waals surface area (Å²) >= 11 is 5.81. The summed E-state index contributed by atoms with van der Waals surface area (Å²) in [5.74, 6) is -1.26. The Kier molecular flexibility index (Phi) is 5.10. The van der Waals surface area contributed by atoms with E-state index in [0.717, 1.165) is 4.57 Å². The molecule has 146 valence electrons. The number of aromatic nitrogens is 4. The lowest BCUT2D eigenvalue weighted by Crippen LogP contribution is -2.29. The van der Waals surface area contributed by atoms with Gasteiger partial charge in [-0.1, -0.05) is 11.6 Å². The van der Waals surface area contributed by atoms with Gasteiger partial charge in [-0.05, 0) is 12.1 Å². The number of halogens is 4. The van der Waals surface area contributed by atoms with Crippen LogP contribution in [-0.2, 0) is 12.7 Å². The molecular weight excluding hydrogens is 403 g/mol. The van der Waals surface area contributed by atoms with Crippen LogP contribution in [0.3, 0.4) is 0 Å². The molecule has 0 aliphatic carbocycles. The molecule has 3 N–H and O–H groups in total. The molecule has 12 heteroatoms. The average Bonchev–Trinajstić information content (AvgIpc) is 2.58. The summed E-state index contributed by atoms with van der Waals surface area (Å²) in [6.07, 6.45) is -1.75. The lowest BCUT2D eigenvalue weighted by atomic mass is 10.3. The van der Waals surface area contributed by atoms with Crippen molar-refractivity contribution in [2.24, 2.45) is 0 Å². The molecule has 0 radical (unpaired) electrons. The summed E-state index contributed by atoms with van der Waals surface area (Å²) in [7, 11) is 0. The minimum Gasteiger partial charge on any atom is -0.449 e. The predicted octanol–water partition coefficient (Wildman–Crippen LogP) is 2.42. The summed E-state index contributed by atoms with van der Waals surface area (Å²) in [4.78, 5) is 33.8. The monoisotopic (exact) mass is 413 g/mol. The second kappa shape index (κ2) is 7.35. The van der Waals surface area contributed by atoms with Crippen LogP contribution < -0.4 is 21.6 Å². The highest BCUT2D eigenvalue weighted by molar-refractivity contribution is 6.31. The van der Waals surface area contributed by atoms with Crippen molar-refractivity contribution in [1.82, 2.24) is 19.5 Å². The number of benzene rings is 1. The number of H-pyrrole nitrogens is 1. The van der Waals surface area contributed by atoms with Gasteiger partial charge in [0.05, 0.1) is 12.9 Å². The molecule has 0 aliphatic heterocycles. The van der Waals surface area contributed by atoms with E-state index in [4.69, 9.17) is 22.1 Å². The van der Waals surface area contributed by atoms with E-state index in [1.165, 1.54) is 30.6 Å². The Morgan fingerprint density at radius 3 is 2.61 bits per heavy atom. The second-order valence-electron chi connectivity index (χ2n) is 5.54. The first-order valence-corrected chi connectivity index (χ1v) is 7.96. The third-order valence-electron chi connectivity index (χ3n) is 3.48. The largest absolute Gasteiger partial charge is 0.449 e. The van der Waals surface area contributed by atoms with Crippen LogP contribution >= 0.6 is 11.6 Å². The molecular formula is C16H11ClF3N5O3. The zero-order chi connectivity index (χ0) is 20.5. The van der Waals surface area contributed by atoms with Crippen LogP contribution in [0.15, 0.2) is 46.5 Å². The lowest BCUT2D eigenvalue weighted by Gasteiger charge is -2.14. The van der Waals surface area contributed by atoms with Crippen LogP contribution in [0.2, 0.25) is 5.02 Å². The fourth-order valence-corrected chi connectivity index (χ4v) is 2.53. The van der Waals surface area contributed by atoms with Crippen molar-refractivity contribution in [3.63, 3.8) is 0 Å². The number of aromatic amines is 1. The Balaban J connectivity index is 2.11. The van der Waals surface area contributed by atoms with E-state index < -0.39 is 35.3 Å². The maximum absolute atomic E-state index is 13.3. The SMILES string of the molecule is Nc1cc(Cl)cc(Oc2c(C(F)(F)F)ncn(Cc3ncc[nH]c3=O)c2=O)c1. The fraction of sp³-hybridized carbons (Fsp3) is 0.125. The van der Waals surface area contributed by atoms with Gasteiger partial charge in [-0.15, -0.1) is 0 Å². The normalized spacial score (nSPS) is 11.4. The predicted molar refractivity (Wildman–Crippen MR) is 93.4 cm³/mol. The van der Waals surface area contributed by atoms with Crippen molar-refractivity contribution in [3.05, 3.63) is 74.0 Å². The Bertz CT molecular complexity index is 1120. The van der Waals surface area contributed by atoms with E-state index in [1.54, 1.807) is 0 Å². The van der Waals surface area contributed by atoms with Gasteiger partial charge in [-0.3, -0.25) is 19.1 Å². The van der Waals surface area contributed by atoms with E-state index in [-0.39, 0.29) is 22.2 Å². The number of alkyl halides is 3. The molecule has 2 aromatic heterocycles. The smallest absolute Gasteiger partial charge is 0.437 e. The minimum absolute atomic E-state index is 0.0934. The van der Waals surface area contributed by atoms with Gasteiger partial charge in [0.15, 0.2) is 5.69 Å². The molecule has 0 spiro atoms. The van der Waals surface area contributed by atoms with Crippen LogP contribution in [0.1, 0.15) is 11.4 Å². The van der Waals surface area contributed by atoms with Gasteiger partial charge in [0.25, 0.3) is 11.1 Å². The van der Waals surface area contributed by atoms with Gasteiger partial charge < -0.3 is 15.5 Å². The summed E-state index contributed by atoms with van der Waals surface area (Å²) in [5, 5.41) is 0.104. The molecule has 0 bridgehead atoms. The zero-order valence-electron chi connectivity index (χ0n) is 13.8. The maximum Gasteiger partial charge on any atom is 0.437 e. The summed E-state index contributed by atoms with van der Waals surface area (Å²) in [6, 6.07) is 3.75. The van der Waals surface area contributed by atoms with E-state index in [1.807, 2.05) is 0 Å². The molecule has 0 unspecified atom stereocenters. The molecule has 3 aromatic rings. The van der Waals surface area contributed by atoms with E-state index in [2.05, 4.69) is 15.0 Å². The Hall–Kier alpha value is -3.34. The number of nitrogens with zero attached hydrogens (tertiary/aromatic N) is 3. The second-order valence-corrected chi connectivity index (χ2v) is 5.98. The van der Waals surface area contributed by atoms with E-state index in [9.17, 15) is 22.8 Å². The number of ether oxygens (including phenoxy) is 1. The minimum atomic E-state index is -4.96. The molecule has 2 heterocycles. The summed E-state index contributed by atoms with van der Waals surface area (Å²) in [5.41, 5.74) is 2.34. The van der Waals surface area contributed by atoms with Crippen molar-refractivity contribution >= 4 is 17.3 Å². The number of hydrogen-bond acceptors (Lipinski definition) is 6. The quantitative estimate of drug-likeness (QED) is 0.634. The Labute approximate surface area is 159 Å². The van der Waals surface area contributed by atoms with Crippen molar-refractivity contribution in [2.75, 3.05) is 5.73 Å². The number of nitrogens with one attached hydrogen (secondary N) is 1. The van der Waals surface area contributed by atoms with Gasteiger partial charge in [-0.2, -0.15) is 13.2 Å². The van der Waals surface area contributed by atoms with Crippen LogP contribution in [-0.4, -0.2) is 19.5 Å². The van der Waals surface area contributed by atoms with Crippen LogP contribution in [0.25, 0.3) is 0 Å². The third-order valence-corrected chi connectivity index (χ3v) is 3.70. The van der Waals surface area contributed by atoms with E-state index in [0.29, 0.717) is 6.33 Å². The molecule has 0 saturated heterocycles. The van der Waals surface area contributed by atoms with E-state index >= 15 is 0 Å². The summed E-state index contributed by atoms with van der Waals surface area (Å²) in [6.45, 7) is -0.409. The molecule has 8 nitrogen and oxygen atoms in total. The average molecular weight is 414 g/mol. The molecule has 0 amide bonds. The molecule has 28 heavy (non-hydrogen) atoms. The molecule has 0 saturated carbocycles. The molecule has 0 aliphatic rings. The number of hydrogen-bond donors (Lipinski definition) is 2. The van der Waals surface area contributed by atoms with Gasteiger partial charge >= 0.3 is 6.18 Å². The van der Waals surface area contributed by atoms with Crippen LogP contribution in [0.5, 0.6) is 11.5 Å². The molecule has 3 rings (SSSR count). The van der Waals surface area contributed by atoms with Gasteiger partial charge in [0.2, 0.25) is 5.75 Å². The number of rotatable bonds is 4. The molecule has 0 atom stereocenters. The molecule has 0 fully saturated rings. The van der Waals surface area contributed by atoms with Crippen LogP contribution in [0, 0.1) is 0 Å². The van der Waals surface area contributed by atoms with Crippen molar-refractivity contribution < 1.29 is 17.9 Å². The molecule has 1 aromatic carbocycles. The first-order chi connectivity index (χ1) is 13.1. The maximum atomic E-state index is 13.3. The first-order valence-electron chi connectivity index (χ1n) is 7.58. The van der Waals surface area contributed by atoms with Crippen molar-refractivity contribution in [3.8, 4) is 11.5 Å². The fourth-order valence-electron chi connectivity index (χ4n) is 2.29. The zero-order valence-corrected chi connectivity index (χ0v) is 14.6. The number of anilines is 1. The topological polar surface area (TPSA) is 116 Å². The van der Waals surface area contributed by atoms with Crippen LogP contribution in [0.4, 0.5) is 18.9 Å². The number of nitrogen functional groups attached to an aromatic ring is 1. The Morgan fingerprint density at radius 1 is 1.21 bits per heavy atom. The van der Waals surface area contributed by atoms with Gasteiger partial charge in [0, 0.05) is 29.2 Å². The summed E-state index contributed by atoms with van der Waals surface area (Å²) < 4.78 is 45.8. The highest BCUT2D eigenvalue weighted by atomic mass is 35.5. The van der Waals surface area contributed by atoms with Crippen molar-refractivity contribution in [2.45, 2.75) is 12.7 Å². The highest BCUT2D eigenvalue weighted by Crippen LogP contribution is 2.35. The first kappa shape index (κ1) is 19.4.